The number of rotatable bonds is 6. The zero-order chi connectivity index (χ0) is 22.8. The van der Waals surface area contributed by atoms with E-state index in [0.29, 0.717) is 33.5 Å². The highest BCUT2D eigenvalue weighted by Gasteiger charge is 2.20. The zero-order valence-corrected chi connectivity index (χ0v) is 19.8. The monoisotopic (exact) mass is 466 g/mol. The van der Waals surface area contributed by atoms with Crippen molar-refractivity contribution in [3.8, 4) is 17.1 Å². The second kappa shape index (κ2) is 9.13. The average molecular weight is 467 g/mol. The minimum atomic E-state index is 0.187. The third kappa shape index (κ3) is 4.53. The molecule has 0 unspecified atom stereocenters. The van der Waals surface area contributed by atoms with Crippen molar-refractivity contribution in [2.24, 2.45) is 0 Å². The first-order chi connectivity index (χ1) is 15.3. The molecule has 8 nitrogen and oxygen atoms in total. The largest absolute Gasteiger partial charge is 0.368 e. The maximum atomic E-state index is 6.50. The van der Waals surface area contributed by atoms with Gasteiger partial charge in [-0.2, -0.15) is 15.0 Å². The summed E-state index contributed by atoms with van der Waals surface area (Å²) in [7, 11) is 3.72. The summed E-state index contributed by atoms with van der Waals surface area (Å²) in [6.07, 6.45) is 0. The number of aryl methyl sites for hydroxylation is 2. The topological polar surface area (TPSA) is 98.6 Å². The number of hydrogen-bond acceptors (Lipinski definition) is 8. The summed E-state index contributed by atoms with van der Waals surface area (Å²) >= 11 is 7.98. The van der Waals surface area contributed by atoms with Crippen molar-refractivity contribution in [2.75, 3.05) is 24.7 Å². The summed E-state index contributed by atoms with van der Waals surface area (Å²) in [5.74, 6) is 2.41. The molecule has 4 aromatic rings. The predicted octanol–water partition coefficient (Wildman–Crippen LogP) is 4.33. The van der Waals surface area contributed by atoms with E-state index in [1.54, 1.807) is 4.90 Å². The van der Waals surface area contributed by atoms with Crippen LogP contribution in [0.15, 0.2) is 47.6 Å². The lowest BCUT2D eigenvalue weighted by Crippen LogP contribution is -2.16. The van der Waals surface area contributed by atoms with E-state index in [1.165, 1.54) is 11.8 Å². The van der Waals surface area contributed by atoms with Crippen LogP contribution in [0.4, 0.5) is 11.9 Å². The molecule has 10 heteroatoms. The molecule has 0 atom stereocenters. The van der Waals surface area contributed by atoms with Crippen LogP contribution >= 0.6 is 23.4 Å². The van der Waals surface area contributed by atoms with Gasteiger partial charge >= 0.3 is 0 Å². The van der Waals surface area contributed by atoms with E-state index in [9.17, 15) is 0 Å². The lowest BCUT2D eigenvalue weighted by molar-refractivity contribution is 0.873. The van der Waals surface area contributed by atoms with Crippen LogP contribution in [0.3, 0.4) is 0 Å². The van der Waals surface area contributed by atoms with Crippen molar-refractivity contribution in [1.82, 2.24) is 29.7 Å². The predicted molar refractivity (Wildman–Crippen MR) is 129 cm³/mol. The summed E-state index contributed by atoms with van der Waals surface area (Å²) in [6, 6.07) is 13.9. The van der Waals surface area contributed by atoms with Crippen molar-refractivity contribution in [3.05, 3.63) is 64.4 Å². The van der Waals surface area contributed by atoms with Gasteiger partial charge in [0.15, 0.2) is 11.0 Å². The van der Waals surface area contributed by atoms with Crippen LogP contribution in [-0.2, 0) is 5.75 Å². The van der Waals surface area contributed by atoms with Crippen LogP contribution in [0.1, 0.15) is 17.0 Å². The summed E-state index contributed by atoms with van der Waals surface area (Å²) in [5, 5.41) is 10.3. The number of thioether (sulfide) groups is 1. The Labute approximate surface area is 195 Å². The Morgan fingerprint density at radius 3 is 2.56 bits per heavy atom. The molecular formula is C22H23ClN8S. The second-order valence-corrected chi connectivity index (χ2v) is 8.85. The van der Waals surface area contributed by atoms with Gasteiger partial charge < -0.3 is 10.6 Å². The maximum absolute atomic E-state index is 6.50. The average Bonchev–Trinajstić information content (AvgIpc) is 3.17. The van der Waals surface area contributed by atoms with Crippen LogP contribution in [0.2, 0.25) is 5.02 Å². The minimum Gasteiger partial charge on any atom is -0.368 e. The molecule has 4 rings (SSSR count). The first kappa shape index (κ1) is 22.0. The van der Waals surface area contributed by atoms with E-state index < -0.39 is 0 Å². The van der Waals surface area contributed by atoms with Gasteiger partial charge in [-0.25, -0.2) is 0 Å². The highest BCUT2D eigenvalue weighted by atomic mass is 35.5. The lowest BCUT2D eigenvalue weighted by Gasteiger charge is -2.14. The Balaban J connectivity index is 1.78. The summed E-state index contributed by atoms with van der Waals surface area (Å²) in [6.45, 7) is 4.13. The van der Waals surface area contributed by atoms with E-state index in [1.807, 2.05) is 42.9 Å². The van der Waals surface area contributed by atoms with Crippen LogP contribution in [0.5, 0.6) is 0 Å². The van der Waals surface area contributed by atoms with Gasteiger partial charge in [0, 0.05) is 19.7 Å². The Morgan fingerprint density at radius 2 is 1.81 bits per heavy atom. The van der Waals surface area contributed by atoms with Gasteiger partial charge in [-0.3, -0.25) is 4.57 Å². The molecule has 0 radical (unpaired) electrons. The number of nitrogen functional groups attached to an aromatic ring is 1. The number of nitrogens with zero attached hydrogens (tertiary/aromatic N) is 7. The van der Waals surface area contributed by atoms with E-state index in [0.717, 1.165) is 22.4 Å². The normalized spacial score (nSPS) is 11.0. The summed E-state index contributed by atoms with van der Waals surface area (Å²) < 4.78 is 2.03. The molecule has 32 heavy (non-hydrogen) atoms. The Morgan fingerprint density at radius 1 is 1.03 bits per heavy atom. The molecule has 0 spiro atoms. The number of halogens is 1. The van der Waals surface area contributed by atoms with Gasteiger partial charge in [0.05, 0.1) is 16.5 Å². The first-order valence-corrected chi connectivity index (χ1v) is 11.3. The molecule has 2 aromatic carbocycles. The highest BCUT2D eigenvalue weighted by molar-refractivity contribution is 7.98. The number of hydrogen-bond donors (Lipinski definition) is 1. The SMILES string of the molecule is Cc1ccc(C)c(-n2c(SCc3nc(N)nc(N(C)C)n3)nnc2-c2ccccc2Cl)c1. The first-order valence-electron chi connectivity index (χ1n) is 9.92. The molecule has 0 aliphatic heterocycles. The quantitative estimate of drug-likeness (QED) is 0.419. The van der Waals surface area contributed by atoms with Crippen LogP contribution in [0.25, 0.3) is 17.1 Å². The number of benzene rings is 2. The van der Waals surface area contributed by atoms with E-state index in [4.69, 9.17) is 17.3 Å². The van der Waals surface area contributed by atoms with Crippen LogP contribution < -0.4 is 10.6 Å². The minimum absolute atomic E-state index is 0.187. The fourth-order valence-corrected chi connectivity index (χ4v) is 4.20. The van der Waals surface area contributed by atoms with E-state index in [-0.39, 0.29) is 5.95 Å². The Hall–Kier alpha value is -3.17. The fourth-order valence-electron chi connectivity index (χ4n) is 3.18. The molecule has 0 fully saturated rings. The third-order valence-corrected chi connectivity index (χ3v) is 6.03. The van der Waals surface area contributed by atoms with Gasteiger partial charge in [-0.15, -0.1) is 10.2 Å². The van der Waals surface area contributed by atoms with Crippen molar-refractivity contribution in [3.63, 3.8) is 0 Å². The van der Waals surface area contributed by atoms with Crippen molar-refractivity contribution in [2.45, 2.75) is 24.8 Å². The van der Waals surface area contributed by atoms with Gasteiger partial charge in [-0.05, 0) is 43.2 Å². The number of anilines is 2. The molecule has 0 bridgehead atoms. The molecule has 2 N–H and O–H groups in total. The smallest absolute Gasteiger partial charge is 0.229 e. The summed E-state index contributed by atoms with van der Waals surface area (Å²) in [5.41, 5.74) is 9.93. The van der Waals surface area contributed by atoms with Gasteiger partial charge in [0.2, 0.25) is 11.9 Å². The molecule has 164 valence electrons. The maximum Gasteiger partial charge on any atom is 0.229 e. The van der Waals surface area contributed by atoms with Gasteiger partial charge in [0.1, 0.15) is 5.82 Å². The lowest BCUT2D eigenvalue weighted by atomic mass is 10.1. The molecule has 0 aliphatic carbocycles. The van der Waals surface area contributed by atoms with Crippen molar-refractivity contribution in [1.29, 1.82) is 0 Å². The molecule has 2 aromatic heterocycles. The molecule has 0 amide bonds. The van der Waals surface area contributed by atoms with Gasteiger partial charge in [0.25, 0.3) is 0 Å². The fraction of sp³-hybridized carbons (Fsp3) is 0.227. The second-order valence-electron chi connectivity index (χ2n) is 7.50. The molecule has 0 saturated carbocycles. The van der Waals surface area contributed by atoms with Crippen LogP contribution in [-0.4, -0.2) is 43.8 Å². The Bertz CT molecular complexity index is 1270. The standard InChI is InChI=1S/C22H23ClN8S/c1-13-9-10-14(2)17(11-13)31-19(15-7-5-6-8-16(15)23)28-29-22(31)32-12-18-25-20(24)27-21(26-18)30(3)4/h5-11H,12H2,1-4H3,(H2,24,25,26,27). The van der Waals surface area contributed by atoms with Crippen LogP contribution in [0, 0.1) is 13.8 Å². The molecule has 2 heterocycles. The molecular weight excluding hydrogens is 444 g/mol. The number of aromatic nitrogens is 6. The number of nitrogens with two attached hydrogens (primary N) is 1. The van der Waals surface area contributed by atoms with E-state index >= 15 is 0 Å². The highest BCUT2D eigenvalue weighted by Crippen LogP contribution is 2.34. The summed E-state index contributed by atoms with van der Waals surface area (Å²) in [4.78, 5) is 14.7. The molecule has 0 saturated heterocycles. The van der Waals surface area contributed by atoms with Crippen molar-refractivity contribution < 1.29 is 0 Å². The third-order valence-electron chi connectivity index (χ3n) is 4.77. The zero-order valence-electron chi connectivity index (χ0n) is 18.2. The van der Waals surface area contributed by atoms with Gasteiger partial charge in [-0.1, -0.05) is 47.6 Å². The molecule has 0 aliphatic rings. The van der Waals surface area contributed by atoms with Crippen molar-refractivity contribution >= 4 is 35.3 Å². The Kier molecular flexibility index (Phi) is 6.29. The van der Waals surface area contributed by atoms with E-state index in [2.05, 4.69) is 57.2 Å².